The third kappa shape index (κ3) is 1.67. The Labute approximate surface area is 113 Å². The van der Waals surface area contributed by atoms with Crippen LogP contribution in [0.5, 0.6) is 5.75 Å². The summed E-state index contributed by atoms with van der Waals surface area (Å²) >= 11 is 0. The van der Waals surface area contributed by atoms with Crippen LogP contribution in [0.2, 0.25) is 0 Å². The van der Waals surface area contributed by atoms with Crippen LogP contribution in [0, 0.1) is 5.92 Å². The maximum absolute atomic E-state index is 10.7. The molecule has 2 aromatic rings. The highest BCUT2D eigenvalue weighted by Crippen LogP contribution is 2.45. The van der Waals surface area contributed by atoms with E-state index in [1.165, 1.54) is 22.8 Å². The Morgan fingerprint density at radius 1 is 1.11 bits per heavy atom. The number of rotatable bonds is 0. The van der Waals surface area contributed by atoms with Crippen LogP contribution in [0.1, 0.15) is 31.2 Å². The van der Waals surface area contributed by atoms with Crippen LogP contribution < -0.4 is 4.74 Å². The number of hydrogen-bond acceptors (Lipinski definition) is 2. The molecule has 0 spiro atoms. The molecule has 1 N–H and O–H groups in total. The summed E-state index contributed by atoms with van der Waals surface area (Å²) in [5, 5.41) is 13.2. The molecule has 2 aliphatic rings. The average Bonchev–Trinajstić information content (AvgIpc) is 2.44. The lowest BCUT2D eigenvalue weighted by Gasteiger charge is -2.44. The SMILES string of the molecule is OC12CCCCC1Cc1c(ccc3ccccc13)O2. The molecule has 98 valence electrons. The molecule has 2 heteroatoms. The smallest absolute Gasteiger partial charge is 0.211 e. The highest BCUT2D eigenvalue weighted by molar-refractivity contribution is 5.88. The van der Waals surface area contributed by atoms with E-state index >= 15 is 0 Å². The van der Waals surface area contributed by atoms with E-state index in [0.29, 0.717) is 0 Å². The fourth-order valence-corrected chi connectivity index (χ4v) is 3.65. The van der Waals surface area contributed by atoms with Gasteiger partial charge in [-0.05, 0) is 36.1 Å². The molecule has 1 fully saturated rings. The monoisotopic (exact) mass is 254 g/mol. The quantitative estimate of drug-likeness (QED) is 0.777. The van der Waals surface area contributed by atoms with Crippen molar-refractivity contribution in [3.05, 3.63) is 42.0 Å². The minimum Gasteiger partial charge on any atom is -0.462 e. The van der Waals surface area contributed by atoms with Gasteiger partial charge in [-0.1, -0.05) is 36.8 Å². The van der Waals surface area contributed by atoms with E-state index in [2.05, 4.69) is 30.3 Å². The van der Waals surface area contributed by atoms with Crippen molar-refractivity contribution in [2.75, 3.05) is 0 Å². The van der Waals surface area contributed by atoms with Crippen molar-refractivity contribution in [2.24, 2.45) is 5.92 Å². The normalized spacial score (nSPS) is 29.4. The molecule has 0 saturated heterocycles. The number of aliphatic hydroxyl groups is 1. The third-order valence-electron chi connectivity index (χ3n) is 4.71. The summed E-state index contributed by atoms with van der Waals surface area (Å²) in [6.07, 6.45) is 5.04. The van der Waals surface area contributed by atoms with Crippen molar-refractivity contribution in [1.29, 1.82) is 0 Å². The van der Waals surface area contributed by atoms with Crippen molar-refractivity contribution in [1.82, 2.24) is 0 Å². The molecule has 0 bridgehead atoms. The summed E-state index contributed by atoms with van der Waals surface area (Å²) in [4.78, 5) is 0. The first-order valence-electron chi connectivity index (χ1n) is 7.18. The molecule has 19 heavy (non-hydrogen) atoms. The molecule has 1 heterocycles. The predicted molar refractivity (Wildman–Crippen MR) is 75.2 cm³/mol. The first kappa shape index (κ1) is 11.3. The topological polar surface area (TPSA) is 29.5 Å². The molecule has 1 saturated carbocycles. The highest BCUT2D eigenvalue weighted by Gasteiger charge is 2.44. The molecule has 0 amide bonds. The largest absolute Gasteiger partial charge is 0.462 e. The molecule has 0 radical (unpaired) electrons. The van der Waals surface area contributed by atoms with Gasteiger partial charge in [0.15, 0.2) is 0 Å². The fraction of sp³-hybridized carbons (Fsp3) is 0.412. The van der Waals surface area contributed by atoms with Gasteiger partial charge in [-0.3, -0.25) is 0 Å². The molecular weight excluding hydrogens is 236 g/mol. The van der Waals surface area contributed by atoms with Gasteiger partial charge in [0.2, 0.25) is 5.79 Å². The van der Waals surface area contributed by atoms with Crippen molar-refractivity contribution in [2.45, 2.75) is 37.9 Å². The lowest BCUT2D eigenvalue weighted by molar-refractivity contribution is -0.203. The average molecular weight is 254 g/mol. The van der Waals surface area contributed by atoms with Gasteiger partial charge < -0.3 is 9.84 Å². The van der Waals surface area contributed by atoms with Crippen LogP contribution >= 0.6 is 0 Å². The minimum atomic E-state index is -0.923. The standard InChI is InChI=1S/C17H18O2/c18-17-10-4-3-6-13(17)11-15-14-7-2-1-5-12(14)8-9-16(15)19-17/h1-2,5,7-9,13,18H,3-4,6,10-11H2. The van der Waals surface area contributed by atoms with E-state index in [-0.39, 0.29) is 5.92 Å². The Kier molecular flexibility index (Phi) is 2.36. The van der Waals surface area contributed by atoms with E-state index in [1.807, 2.05) is 6.07 Å². The van der Waals surface area contributed by atoms with Gasteiger partial charge in [-0.15, -0.1) is 0 Å². The van der Waals surface area contributed by atoms with Gasteiger partial charge in [0.25, 0.3) is 0 Å². The van der Waals surface area contributed by atoms with Crippen LogP contribution in [0.25, 0.3) is 10.8 Å². The van der Waals surface area contributed by atoms with E-state index in [9.17, 15) is 5.11 Å². The summed E-state index contributed by atoms with van der Waals surface area (Å²) in [6, 6.07) is 12.5. The van der Waals surface area contributed by atoms with E-state index < -0.39 is 5.79 Å². The lowest BCUT2D eigenvalue weighted by atomic mass is 9.77. The Morgan fingerprint density at radius 3 is 2.95 bits per heavy atom. The van der Waals surface area contributed by atoms with Gasteiger partial charge in [0, 0.05) is 17.9 Å². The van der Waals surface area contributed by atoms with Crippen molar-refractivity contribution >= 4 is 10.8 Å². The minimum absolute atomic E-state index is 0.250. The van der Waals surface area contributed by atoms with Gasteiger partial charge in [-0.25, -0.2) is 0 Å². The van der Waals surface area contributed by atoms with E-state index in [1.54, 1.807) is 0 Å². The molecule has 2 atom stereocenters. The maximum Gasteiger partial charge on any atom is 0.211 e. The number of fused-ring (bicyclic) bond motifs is 4. The summed E-state index contributed by atoms with van der Waals surface area (Å²) < 4.78 is 5.99. The molecule has 1 aliphatic heterocycles. The van der Waals surface area contributed by atoms with Crippen molar-refractivity contribution in [3.63, 3.8) is 0 Å². The van der Waals surface area contributed by atoms with Crippen LogP contribution in [0.15, 0.2) is 36.4 Å². The molecule has 2 aromatic carbocycles. The zero-order valence-corrected chi connectivity index (χ0v) is 10.9. The van der Waals surface area contributed by atoms with E-state index in [4.69, 9.17) is 4.74 Å². The lowest BCUT2D eigenvalue weighted by Crippen LogP contribution is -2.49. The predicted octanol–water partition coefficient (Wildman–Crippen LogP) is 3.65. The van der Waals surface area contributed by atoms with Gasteiger partial charge in [0.1, 0.15) is 5.75 Å². The molecule has 0 aromatic heterocycles. The van der Waals surface area contributed by atoms with Crippen molar-refractivity contribution in [3.8, 4) is 5.75 Å². The summed E-state index contributed by atoms with van der Waals surface area (Å²) in [7, 11) is 0. The zero-order valence-electron chi connectivity index (χ0n) is 10.9. The Hall–Kier alpha value is -1.54. The Bertz CT molecular complexity index is 634. The molecule has 1 aliphatic carbocycles. The first-order valence-corrected chi connectivity index (χ1v) is 7.18. The summed E-state index contributed by atoms with van der Waals surface area (Å²) in [5.74, 6) is 0.201. The Morgan fingerprint density at radius 2 is 2.00 bits per heavy atom. The molecule has 4 rings (SSSR count). The fourth-order valence-electron chi connectivity index (χ4n) is 3.65. The second-order valence-corrected chi connectivity index (χ2v) is 5.86. The zero-order chi connectivity index (χ0) is 12.9. The van der Waals surface area contributed by atoms with Gasteiger partial charge in [-0.2, -0.15) is 0 Å². The molecule has 2 nitrogen and oxygen atoms in total. The second kappa shape index (κ2) is 3.97. The first-order chi connectivity index (χ1) is 9.26. The van der Waals surface area contributed by atoms with Crippen LogP contribution in [-0.2, 0) is 6.42 Å². The number of benzene rings is 2. The summed E-state index contributed by atoms with van der Waals surface area (Å²) in [5.41, 5.74) is 1.27. The Balaban J connectivity index is 1.87. The molecular formula is C17H18O2. The molecule has 2 unspecified atom stereocenters. The van der Waals surface area contributed by atoms with Crippen LogP contribution in [-0.4, -0.2) is 10.9 Å². The van der Waals surface area contributed by atoms with Crippen LogP contribution in [0.4, 0.5) is 0 Å². The van der Waals surface area contributed by atoms with Crippen molar-refractivity contribution < 1.29 is 9.84 Å². The second-order valence-electron chi connectivity index (χ2n) is 5.86. The van der Waals surface area contributed by atoms with Crippen LogP contribution in [0.3, 0.4) is 0 Å². The highest BCUT2D eigenvalue weighted by atomic mass is 16.6. The third-order valence-corrected chi connectivity index (χ3v) is 4.71. The van der Waals surface area contributed by atoms with Gasteiger partial charge in [0.05, 0.1) is 0 Å². The summed E-state index contributed by atoms with van der Waals surface area (Å²) in [6.45, 7) is 0. The van der Waals surface area contributed by atoms with Gasteiger partial charge >= 0.3 is 0 Å². The maximum atomic E-state index is 10.7. The van der Waals surface area contributed by atoms with E-state index in [0.717, 1.165) is 31.4 Å². The number of hydrogen-bond donors (Lipinski definition) is 1. The number of ether oxygens (including phenoxy) is 1.